The molecule has 11 rings (SSSR count). The van der Waals surface area contributed by atoms with E-state index in [4.69, 9.17) is 9.97 Å². The van der Waals surface area contributed by atoms with Gasteiger partial charge < -0.3 is 4.90 Å². The molecule has 0 fully saturated rings. The standard InChI is InChI=1S/C49H35N3S/c1-49(2)41-18-6-3-13-35(41)36-23-21-31(29-42(36)49)30-11-9-12-33(27-30)43-25-26-50-48(51-43)52-44-19-7-4-14-37(44)40-28-32(22-24-45(40)52)34-16-10-17-39-38-15-5-8-20-46(38)53-47(34)39/h3-29,40,45H,1-2H3. The van der Waals surface area contributed by atoms with E-state index in [1.807, 2.05) is 23.6 Å². The highest BCUT2D eigenvalue weighted by atomic mass is 32.1. The maximum atomic E-state index is 5.26. The van der Waals surface area contributed by atoms with Gasteiger partial charge in [0.15, 0.2) is 0 Å². The van der Waals surface area contributed by atoms with Crippen molar-refractivity contribution < 1.29 is 0 Å². The lowest BCUT2D eigenvalue weighted by molar-refractivity contribution is 0.660. The van der Waals surface area contributed by atoms with Crippen molar-refractivity contribution in [2.75, 3.05) is 4.90 Å². The predicted octanol–water partition coefficient (Wildman–Crippen LogP) is 12.7. The second-order valence-corrected chi connectivity index (χ2v) is 16.0. The molecule has 252 valence electrons. The summed E-state index contributed by atoms with van der Waals surface area (Å²) in [6.07, 6.45) is 9.04. The first-order chi connectivity index (χ1) is 26.0. The molecule has 2 aliphatic carbocycles. The maximum Gasteiger partial charge on any atom is 0.231 e. The minimum Gasteiger partial charge on any atom is -0.302 e. The highest BCUT2D eigenvalue weighted by Crippen LogP contribution is 2.51. The molecule has 0 N–H and O–H groups in total. The Kier molecular flexibility index (Phi) is 6.59. The summed E-state index contributed by atoms with van der Waals surface area (Å²) < 4.78 is 2.67. The van der Waals surface area contributed by atoms with Crippen molar-refractivity contribution in [1.82, 2.24) is 9.97 Å². The summed E-state index contributed by atoms with van der Waals surface area (Å²) in [6.45, 7) is 4.68. The molecule has 0 amide bonds. The van der Waals surface area contributed by atoms with Crippen LogP contribution in [0.4, 0.5) is 11.6 Å². The lowest BCUT2D eigenvalue weighted by atomic mass is 9.81. The van der Waals surface area contributed by atoms with Gasteiger partial charge in [0.25, 0.3) is 0 Å². The molecule has 0 bridgehead atoms. The Labute approximate surface area is 313 Å². The van der Waals surface area contributed by atoms with Crippen LogP contribution in [0.3, 0.4) is 0 Å². The molecule has 3 aliphatic rings. The predicted molar refractivity (Wildman–Crippen MR) is 222 cm³/mol. The Morgan fingerprint density at radius 3 is 2.36 bits per heavy atom. The highest BCUT2D eigenvalue weighted by molar-refractivity contribution is 7.26. The molecule has 0 saturated heterocycles. The summed E-state index contributed by atoms with van der Waals surface area (Å²) in [5, 5.41) is 2.66. The Hall–Kier alpha value is -6.10. The normalized spacial score (nSPS) is 17.8. The van der Waals surface area contributed by atoms with Gasteiger partial charge in [0.1, 0.15) is 0 Å². The van der Waals surface area contributed by atoms with E-state index in [1.54, 1.807) is 0 Å². The minimum atomic E-state index is -0.0412. The second-order valence-electron chi connectivity index (χ2n) is 15.0. The molecule has 2 atom stereocenters. The van der Waals surface area contributed by atoms with Crippen LogP contribution in [0, 0.1) is 0 Å². The highest BCUT2D eigenvalue weighted by Gasteiger charge is 2.40. The van der Waals surface area contributed by atoms with E-state index < -0.39 is 0 Å². The Morgan fingerprint density at radius 1 is 0.642 bits per heavy atom. The average Bonchev–Trinajstić information content (AvgIpc) is 3.83. The molecule has 8 aromatic rings. The number of thiophene rings is 1. The molecule has 6 aromatic carbocycles. The maximum absolute atomic E-state index is 5.26. The van der Waals surface area contributed by atoms with Gasteiger partial charge >= 0.3 is 0 Å². The number of aromatic nitrogens is 2. The monoisotopic (exact) mass is 697 g/mol. The fourth-order valence-corrected chi connectivity index (χ4v) is 10.3. The van der Waals surface area contributed by atoms with Crippen LogP contribution in [-0.4, -0.2) is 16.0 Å². The van der Waals surface area contributed by atoms with Crippen molar-refractivity contribution >= 4 is 48.7 Å². The Bertz CT molecular complexity index is 2860. The fourth-order valence-electron chi connectivity index (χ4n) is 9.10. The number of hydrogen-bond acceptors (Lipinski definition) is 4. The van der Waals surface area contributed by atoms with Crippen molar-refractivity contribution in [2.45, 2.75) is 31.2 Å². The summed E-state index contributed by atoms with van der Waals surface area (Å²) >= 11 is 1.89. The van der Waals surface area contributed by atoms with Crippen LogP contribution in [0.25, 0.3) is 59.3 Å². The van der Waals surface area contributed by atoms with Gasteiger partial charge in [-0.2, -0.15) is 0 Å². The van der Waals surface area contributed by atoms with Crippen molar-refractivity contribution in [1.29, 1.82) is 0 Å². The van der Waals surface area contributed by atoms with E-state index in [1.165, 1.54) is 70.3 Å². The summed E-state index contributed by atoms with van der Waals surface area (Å²) in [4.78, 5) is 12.5. The molecule has 1 aliphatic heterocycles. The van der Waals surface area contributed by atoms with E-state index in [9.17, 15) is 0 Å². The Morgan fingerprint density at radius 2 is 1.40 bits per heavy atom. The zero-order valence-corrected chi connectivity index (χ0v) is 30.3. The first-order valence-electron chi connectivity index (χ1n) is 18.4. The van der Waals surface area contributed by atoms with Crippen molar-refractivity contribution in [2.24, 2.45) is 0 Å². The van der Waals surface area contributed by atoms with Gasteiger partial charge in [0.2, 0.25) is 5.95 Å². The van der Waals surface area contributed by atoms with Crippen molar-refractivity contribution in [3.8, 4) is 33.5 Å². The number of rotatable bonds is 4. The molecule has 3 heterocycles. The third-order valence-electron chi connectivity index (χ3n) is 11.7. The van der Waals surface area contributed by atoms with E-state index in [2.05, 4.69) is 170 Å². The zero-order chi connectivity index (χ0) is 35.3. The number of benzene rings is 6. The minimum absolute atomic E-state index is 0.0412. The molecule has 0 saturated carbocycles. The number of fused-ring (bicyclic) bond motifs is 9. The molecule has 3 nitrogen and oxygen atoms in total. The number of anilines is 2. The first-order valence-corrected chi connectivity index (χ1v) is 19.2. The fraction of sp³-hybridized carbons (Fsp3) is 0.102. The van der Waals surface area contributed by atoms with E-state index in [-0.39, 0.29) is 17.4 Å². The number of para-hydroxylation sites is 1. The molecule has 0 radical (unpaired) electrons. The van der Waals surface area contributed by atoms with Gasteiger partial charge in [0.05, 0.1) is 11.7 Å². The summed E-state index contributed by atoms with van der Waals surface area (Å²) in [5.41, 5.74) is 14.9. The Balaban J connectivity index is 0.945. The SMILES string of the molecule is CC1(C)c2ccccc2-c2ccc(-c3cccc(-c4ccnc(N5c6ccccc6C6C=C(c7cccc8c7sc7ccccc78)C=CC65)n4)c3)cc21. The molecule has 4 heteroatoms. The van der Waals surface area contributed by atoms with Crippen LogP contribution in [-0.2, 0) is 5.41 Å². The lowest BCUT2D eigenvalue weighted by Crippen LogP contribution is -2.30. The third kappa shape index (κ3) is 4.58. The van der Waals surface area contributed by atoms with Gasteiger partial charge in [-0.3, -0.25) is 0 Å². The number of allylic oxidation sites excluding steroid dienone is 2. The first kappa shape index (κ1) is 30.5. The molecule has 2 aromatic heterocycles. The van der Waals surface area contributed by atoms with Crippen LogP contribution in [0.5, 0.6) is 0 Å². The van der Waals surface area contributed by atoms with Crippen LogP contribution >= 0.6 is 11.3 Å². The largest absolute Gasteiger partial charge is 0.302 e. The molecular formula is C49H35N3S. The van der Waals surface area contributed by atoms with Crippen LogP contribution < -0.4 is 4.90 Å². The summed E-state index contributed by atoms with van der Waals surface area (Å²) in [6, 6.07) is 50.9. The molecule has 2 unspecified atom stereocenters. The van der Waals surface area contributed by atoms with Gasteiger partial charge in [-0.1, -0.05) is 141 Å². The molecule has 53 heavy (non-hydrogen) atoms. The van der Waals surface area contributed by atoms with Gasteiger partial charge in [-0.05, 0) is 80.4 Å². The zero-order valence-electron chi connectivity index (χ0n) is 29.5. The van der Waals surface area contributed by atoms with E-state index >= 15 is 0 Å². The second kappa shape index (κ2) is 11.4. The van der Waals surface area contributed by atoms with Crippen LogP contribution in [0.2, 0.25) is 0 Å². The van der Waals surface area contributed by atoms with E-state index in [0.29, 0.717) is 0 Å². The lowest BCUT2D eigenvalue weighted by Gasteiger charge is -2.28. The molecular weight excluding hydrogens is 663 g/mol. The quantitative estimate of drug-likeness (QED) is 0.183. The molecule has 0 spiro atoms. The van der Waals surface area contributed by atoms with E-state index in [0.717, 1.165) is 22.9 Å². The smallest absolute Gasteiger partial charge is 0.231 e. The number of hydrogen-bond donors (Lipinski definition) is 0. The average molecular weight is 698 g/mol. The van der Waals surface area contributed by atoms with Crippen LogP contribution in [0.15, 0.2) is 164 Å². The van der Waals surface area contributed by atoms with Gasteiger partial charge in [-0.15, -0.1) is 11.3 Å². The number of nitrogens with zero attached hydrogens (tertiary/aromatic N) is 3. The van der Waals surface area contributed by atoms with Crippen molar-refractivity contribution in [3.05, 3.63) is 186 Å². The van der Waals surface area contributed by atoms with Gasteiger partial charge in [0, 0.05) is 49.0 Å². The van der Waals surface area contributed by atoms with Crippen LogP contribution in [0.1, 0.15) is 42.0 Å². The van der Waals surface area contributed by atoms with Crippen molar-refractivity contribution in [3.63, 3.8) is 0 Å². The summed E-state index contributed by atoms with van der Waals surface area (Å²) in [7, 11) is 0. The topological polar surface area (TPSA) is 29.0 Å². The third-order valence-corrected chi connectivity index (χ3v) is 12.9. The summed E-state index contributed by atoms with van der Waals surface area (Å²) in [5.74, 6) is 0.902. The van der Waals surface area contributed by atoms with Gasteiger partial charge in [-0.25, -0.2) is 9.97 Å².